The van der Waals surface area contributed by atoms with Crippen LogP contribution in [0.15, 0.2) is 54.6 Å². The Morgan fingerprint density at radius 2 is 1.28 bits per heavy atom. The molecule has 0 fully saturated rings. The standard InChI is InChI=1S/C11H8O3.C8H8O3/c12-10-4-3-7-5-9(11(13)14)2-1-8(7)6-10;1-5-4-6(9)2-3-7(5)8(10)11/h1-6,12H,(H,13,14);2-4,9H,1H3,(H,10,11). The number of phenolic OH excluding ortho intramolecular Hbond substituents is 2. The van der Waals surface area contributed by atoms with Crippen LogP contribution in [0.2, 0.25) is 0 Å². The summed E-state index contributed by atoms with van der Waals surface area (Å²) in [5.74, 6) is -1.64. The molecule has 6 nitrogen and oxygen atoms in total. The third kappa shape index (κ3) is 4.48. The number of aromatic hydroxyl groups is 2. The second-order valence-corrected chi connectivity index (χ2v) is 5.36. The summed E-state index contributed by atoms with van der Waals surface area (Å²) in [7, 11) is 0. The topological polar surface area (TPSA) is 115 Å². The van der Waals surface area contributed by atoms with Crippen LogP contribution in [0.4, 0.5) is 0 Å². The molecule has 0 atom stereocenters. The molecule has 0 saturated heterocycles. The van der Waals surface area contributed by atoms with E-state index < -0.39 is 11.9 Å². The van der Waals surface area contributed by atoms with Crippen molar-refractivity contribution in [1.82, 2.24) is 0 Å². The lowest BCUT2D eigenvalue weighted by molar-refractivity contribution is 0.0685. The van der Waals surface area contributed by atoms with Crippen LogP contribution in [0, 0.1) is 6.92 Å². The molecule has 0 aliphatic rings. The number of phenols is 2. The van der Waals surface area contributed by atoms with Crippen LogP contribution in [0.1, 0.15) is 26.3 Å². The maximum Gasteiger partial charge on any atom is 0.335 e. The SMILES string of the molecule is Cc1cc(O)ccc1C(=O)O.O=C(O)c1ccc2cc(O)ccc2c1. The lowest BCUT2D eigenvalue weighted by Crippen LogP contribution is -1.98. The van der Waals surface area contributed by atoms with Crippen molar-refractivity contribution in [3.05, 3.63) is 71.3 Å². The summed E-state index contributed by atoms with van der Waals surface area (Å²) in [6.07, 6.45) is 0. The third-order valence-corrected chi connectivity index (χ3v) is 3.51. The fourth-order valence-corrected chi connectivity index (χ4v) is 2.25. The van der Waals surface area contributed by atoms with Crippen molar-refractivity contribution in [2.45, 2.75) is 6.92 Å². The largest absolute Gasteiger partial charge is 0.508 e. The van der Waals surface area contributed by atoms with Gasteiger partial charge < -0.3 is 20.4 Å². The molecular weight excluding hydrogens is 324 g/mol. The van der Waals surface area contributed by atoms with Crippen molar-refractivity contribution >= 4 is 22.7 Å². The van der Waals surface area contributed by atoms with Crippen LogP contribution in [-0.2, 0) is 0 Å². The van der Waals surface area contributed by atoms with Gasteiger partial charge in [0, 0.05) is 0 Å². The molecule has 128 valence electrons. The summed E-state index contributed by atoms with van der Waals surface area (Å²) in [5, 5.41) is 37.1. The molecule has 3 rings (SSSR count). The van der Waals surface area contributed by atoms with Crippen molar-refractivity contribution in [1.29, 1.82) is 0 Å². The van der Waals surface area contributed by atoms with E-state index in [-0.39, 0.29) is 22.6 Å². The summed E-state index contributed by atoms with van der Waals surface area (Å²) in [6, 6.07) is 13.8. The first-order valence-electron chi connectivity index (χ1n) is 7.27. The summed E-state index contributed by atoms with van der Waals surface area (Å²) < 4.78 is 0. The molecule has 25 heavy (non-hydrogen) atoms. The molecule has 3 aromatic rings. The average Bonchev–Trinajstić information content (AvgIpc) is 2.54. The Morgan fingerprint density at radius 1 is 0.720 bits per heavy atom. The molecule has 0 aromatic heterocycles. The van der Waals surface area contributed by atoms with Gasteiger partial charge in [-0.1, -0.05) is 12.1 Å². The number of carboxylic acids is 2. The van der Waals surface area contributed by atoms with E-state index in [1.165, 1.54) is 30.3 Å². The molecule has 0 aliphatic heterocycles. The number of carboxylic acid groups (broad SMARTS) is 2. The van der Waals surface area contributed by atoms with Crippen molar-refractivity contribution in [3.63, 3.8) is 0 Å². The van der Waals surface area contributed by atoms with Gasteiger partial charge in [-0.05, 0) is 65.7 Å². The third-order valence-electron chi connectivity index (χ3n) is 3.51. The molecule has 0 bridgehead atoms. The predicted octanol–water partition coefficient (Wildman–Crippen LogP) is 3.64. The summed E-state index contributed by atoms with van der Waals surface area (Å²) in [4.78, 5) is 21.1. The molecule has 0 unspecified atom stereocenters. The highest BCUT2D eigenvalue weighted by molar-refractivity contribution is 5.94. The van der Waals surface area contributed by atoms with Crippen molar-refractivity contribution in [2.24, 2.45) is 0 Å². The maximum atomic E-state index is 10.7. The number of benzene rings is 3. The normalized spacial score (nSPS) is 9.96. The van der Waals surface area contributed by atoms with Crippen molar-refractivity contribution < 1.29 is 30.0 Å². The quantitative estimate of drug-likeness (QED) is 0.566. The van der Waals surface area contributed by atoms with Crippen LogP contribution in [0.3, 0.4) is 0 Å². The van der Waals surface area contributed by atoms with Gasteiger partial charge in [0.25, 0.3) is 0 Å². The summed E-state index contributed by atoms with van der Waals surface area (Å²) in [6.45, 7) is 1.64. The van der Waals surface area contributed by atoms with Gasteiger partial charge in [0.15, 0.2) is 0 Å². The minimum atomic E-state index is -0.970. The first-order valence-corrected chi connectivity index (χ1v) is 7.27. The van der Waals surface area contributed by atoms with E-state index in [0.717, 1.165) is 10.8 Å². The Balaban J connectivity index is 0.000000186. The van der Waals surface area contributed by atoms with E-state index >= 15 is 0 Å². The molecule has 0 saturated carbocycles. The zero-order chi connectivity index (χ0) is 18.6. The number of carbonyl (C=O) groups is 2. The van der Waals surface area contributed by atoms with Gasteiger partial charge in [0.2, 0.25) is 0 Å². The average molecular weight is 340 g/mol. The summed E-state index contributed by atoms with van der Waals surface area (Å²) in [5.41, 5.74) is 1.04. The molecule has 0 heterocycles. The van der Waals surface area contributed by atoms with Crippen LogP contribution in [0.25, 0.3) is 10.8 Å². The van der Waals surface area contributed by atoms with E-state index in [0.29, 0.717) is 5.56 Å². The number of hydrogen-bond donors (Lipinski definition) is 4. The first-order chi connectivity index (χ1) is 11.8. The number of aromatic carboxylic acids is 2. The van der Waals surface area contributed by atoms with Crippen LogP contribution >= 0.6 is 0 Å². The van der Waals surface area contributed by atoms with Crippen LogP contribution in [0.5, 0.6) is 11.5 Å². The second-order valence-electron chi connectivity index (χ2n) is 5.36. The summed E-state index contributed by atoms with van der Waals surface area (Å²) >= 11 is 0. The van der Waals surface area contributed by atoms with E-state index in [1.54, 1.807) is 31.2 Å². The Hall–Kier alpha value is -3.54. The maximum absolute atomic E-state index is 10.7. The highest BCUT2D eigenvalue weighted by Crippen LogP contribution is 2.21. The number of hydrogen-bond acceptors (Lipinski definition) is 4. The van der Waals surface area contributed by atoms with Crippen LogP contribution in [-0.4, -0.2) is 32.4 Å². The van der Waals surface area contributed by atoms with Crippen molar-refractivity contribution in [2.75, 3.05) is 0 Å². The Bertz CT molecular complexity index is 946. The minimum Gasteiger partial charge on any atom is -0.508 e. The first kappa shape index (κ1) is 17.8. The minimum absolute atomic E-state index is 0.0903. The molecule has 0 aliphatic carbocycles. The van der Waals surface area contributed by atoms with Gasteiger partial charge in [-0.15, -0.1) is 0 Å². The van der Waals surface area contributed by atoms with Crippen LogP contribution < -0.4 is 0 Å². The van der Waals surface area contributed by atoms with Gasteiger partial charge in [-0.2, -0.15) is 0 Å². The number of fused-ring (bicyclic) bond motifs is 1. The van der Waals surface area contributed by atoms with Gasteiger partial charge in [0.05, 0.1) is 11.1 Å². The lowest BCUT2D eigenvalue weighted by atomic mass is 10.1. The molecule has 0 amide bonds. The van der Waals surface area contributed by atoms with Gasteiger partial charge in [-0.3, -0.25) is 0 Å². The van der Waals surface area contributed by atoms with Gasteiger partial charge >= 0.3 is 11.9 Å². The Kier molecular flexibility index (Phi) is 5.24. The fraction of sp³-hybridized carbons (Fsp3) is 0.0526. The van der Waals surface area contributed by atoms with E-state index in [9.17, 15) is 14.7 Å². The zero-order valence-corrected chi connectivity index (χ0v) is 13.3. The Morgan fingerprint density at radius 3 is 1.88 bits per heavy atom. The molecule has 4 N–H and O–H groups in total. The zero-order valence-electron chi connectivity index (χ0n) is 13.3. The molecule has 0 spiro atoms. The smallest absolute Gasteiger partial charge is 0.335 e. The molecule has 0 radical (unpaired) electrons. The number of aryl methyl sites for hydroxylation is 1. The molecule has 6 heteroatoms. The van der Waals surface area contributed by atoms with E-state index in [2.05, 4.69) is 0 Å². The predicted molar refractivity (Wildman–Crippen MR) is 92.4 cm³/mol. The van der Waals surface area contributed by atoms with E-state index in [1.807, 2.05) is 0 Å². The highest BCUT2D eigenvalue weighted by atomic mass is 16.4. The monoisotopic (exact) mass is 340 g/mol. The second kappa shape index (κ2) is 7.35. The number of rotatable bonds is 2. The van der Waals surface area contributed by atoms with Gasteiger partial charge in [0.1, 0.15) is 11.5 Å². The fourth-order valence-electron chi connectivity index (χ4n) is 2.25. The highest BCUT2D eigenvalue weighted by Gasteiger charge is 2.05. The molecular formula is C19H16O6. The Labute approximate surface area is 143 Å². The van der Waals surface area contributed by atoms with Gasteiger partial charge in [-0.25, -0.2) is 9.59 Å². The van der Waals surface area contributed by atoms with E-state index in [4.69, 9.17) is 15.3 Å². The lowest BCUT2D eigenvalue weighted by Gasteiger charge is -2.00. The van der Waals surface area contributed by atoms with Crippen molar-refractivity contribution in [3.8, 4) is 11.5 Å². The molecule has 3 aromatic carbocycles.